The number of H-pyrrole nitrogens is 1. The van der Waals surface area contributed by atoms with Gasteiger partial charge in [0.1, 0.15) is 0 Å². The van der Waals surface area contributed by atoms with Crippen LogP contribution >= 0.6 is 0 Å². The third-order valence-corrected chi connectivity index (χ3v) is 3.73. The molecule has 0 spiro atoms. The summed E-state index contributed by atoms with van der Waals surface area (Å²) in [7, 11) is 3.79. The molecule has 0 amide bonds. The molecule has 22 heavy (non-hydrogen) atoms. The van der Waals surface area contributed by atoms with Crippen molar-refractivity contribution in [1.29, 1.82) is 0 Å². The number of hydrogen-bond acceptors (Lipinski definition) is 5. The van der Waals surface area contributed by atoms with Crippen molar-refractivity contribution in [3.8, 4) is 0 Å². The van der Waals surface area contributed by atoms with Gasteiger partial charge in [0.15, 0.2) is 0 Å². The molecule has 3 aromatic rings. The number of rotatable bonds is 6. The number of nitrogens with one attached hydrogen (secondary N) is 1. The number of aromatic amines is 1. The molecule has 0 saturated heterocycles. The number of benzene rings is 1. The molecule has 0 unspecified atom stereocenters. The lowest BCUT2D eigenvalue weighted by molar-refractivity contribution is 0.378. The molecule has 3 rings (SSSR count). The summed E-state index contributed by atoms with van der Waals surface area (Å²) >= 11 is 0. The fourth-order valence-electron chi connectivity index (χ4n) is 2.52. The second-order valence-corrected chi connectivity index (χ2v) is 5.62. The molecule has 0 aliphatic heterocycles. The van der Waals surface area contributed by atoms with Crippen molar-refractivity contribution < 1.29 is 4.52 Å². The molecule has 0 aliphatic rings. The molecule has 0 aliphatic carbocycles. The van der Waals surface area contributed by atoms with Crippen LogP contribution in [0.2, 0.25) is 0 Å². The van der Waals surface area contributed by atoms with Crippen LogP contribution in [0, 0.1) is 0 Å². The predicted molar refractivity (Wildman–Crippen MR) is 87.1 cm³/mol. The number of nitrogens with two attached hydrogens (primary N) is 1. The van der Waals surface area contributed by atoms with E-state index >= 15 is 0 Å². The Balaban J connectivity index is 1.74. The van der Waals surface area contributed by atoms with Crippen LogP contribution in [0.25, 0.3) is 10.9 Å². The molecular weight excluding hydrogens is 278 g/mol. The van der Waals surface area contributed by atoms with E-state index in [1.165, 1.54) is 16.5 Å². The van der Waals surface area contributed by atoms with Crippen LogP contribution in [0.3, 0.4) is 0 Å². The van der Waals surface area contributed by atoms with Gasteiger partial charge in [0.25, 0.3) is 5.95 Å². The summed E-state index contributed by atoms with van der Waals surface area (Å²) in [6.45, 7) is 0.659. The smallest absolute Gasteiger partial charge is 0.265 e. The van der Waals surface area contributed by atoms with Crippen molar-refractivity contribution in [3.05, 3.63) is 41.4 Å². The molecule has 0 atom stereocenters. The van der Waals surface area contributed by atoms with Gasteiger partial charge in [-0.25, -0.2) is 0 Å². The van der Waals surface area contributed by atoms with E-state index in [-0.39, 0.29) is 0 Å². The zero-order valence-electron chi connectivity index (χ0n) is 13.0. The highest BCUT2D eigenvalue weighted by Crippen LogP contribution is 2.21. The predicted octanol–water partition coefficient (Wildman–Crippen LogP) is 1.90. The van der Waals surface area contributed by atoms with Gasteiger partial charge in [-0.15, -0.1) is 0 Å². The number of anilines is 1. The Labute approximate surface area is 129 Å². The number of fused-ring (bicyclic) bond motifs is 1. The van der Waals surface area contributed by atoms with Gasteiger partial charge < -0.3 is 20.1 Å². The zero-order chi connectivity index (χ0) is 15.5. The molecule has 0 saturated carbocycles. The summed E-state index contributed by atoms with van der Waals surface area (Å²) in [5.41, 5.74) is 9.35. The number of hydrogen-bond donors (Lipinski definition) is 2. The Bertz CT molecular complexity index is 759. The Kier molecular flexibility index (Phi) is 4.11. The minimum Gasteiger partial charge on any atom is -0.361 e. The lowest BCUT2D eigenvalue weighted by Gasteiger charge is -2.03. The van der Waals surface area contributed by atoms with Crippen molar-refractivity contribution in [1.82, 2.24) is 15.1 Å². The normalized spacial score (nSPS) is 11.2. The van der Waals surface area contributed by atoms with Crippen LogP contribution in [-0.4, -0.2) is 35.8 Å². The van der Waals surface area contributed by atoms with Crippen LogP contribution in [0.4, 0.5) is 5.95 Å². The molecule has 3 N–H and O–H groups in total. The average molecular weight is 299 g/mol. The van der Waals surface area contributed by atoms with Gasteiger partial charge in [0.2, 0.25) is 5.89 Å². The molecule has 2 aromatic heterocycles. The Morgan fingerprint density at radius 2 is 2.09 bits per heavy atom. The quantitative estimate of drug-likeness (QED) is 0.726. The summed E-state index contributed by atoms with van der Waals surface area (Å²) in [5.74, 6) is 1.28. The van der Waals surface area contributed by atoms with Gasteiger partial charge in [-0.2, -0.15) is 4.98 Å². The highest BCUT2D eigenvalue weighted by molar-refractivity contribution is 5.83. The average Bonchev–Trinajstić information content (AvgIpc) is 3.13. The van der Waals surface area contributed by atoms with E-state index in [1.807, 2.05) is 25.2 Å². The Morgan fingerprint density at radius 1 is 1.23 bits per heavy atom. The molecule has 6 nitrogen and oxygen atoms in total. The van der Waals surface area contributed by atoms with Crippen LogP contribution in [-0.2, 0) is 19.3 Å². The maximum Gasteiger partial charge on any atom is 0.265 e. The first-order valence-electron chi connectivity index (χ1n) is 7.46. The molecule has 116 valence electrons. The fourth-order valence-corrected chi connectivity index (χ4v) is 2.52. The largest absolute Gasteiger partial charge is 0.361 e. The summed E-state index contributed by atoms with van der Waals surface area (Å²) in [6, 6.07) is 6.47. The SMILES string of the molecule is CN(C)c1noc(CCc2ccc3[nH]cc(CCN)c3c2)n1. The fraction of sp³-hybridized carbons (Fsp3) is 0.375. The van der Waals surface area contributed by atoms with E-state index in [0.29, 0.717) is 18.4 Å². The van der Waals surface area contributed by atoms with Gasteiger partial charge in [-0.3, -0.25) is 0 Å². The van der Waals surface area contributed by atoms with E-state index in [9.17, 15) is 0 Å². The zero-order valence-corrected chi connectivity index (χ0v) is 13.0. The summed E-state index contributed by atoms with van der Waals surface area (Å²) in [4.78, 5) is 9.47. The highest BCUT2D eigenvalue weighted by Gasteiger charge is 2.09. The van der Waals surface area contributed by atoms with Crippen molar-refractivity contribution in [3.63, 3.8) is 0 Å². The first kappa shape index (κ1) is 14.6. The molecule has 0 bridgehead atoms. The van der Waals surface area contributed by atoms with Gasteiger partial charge in [-0.05, 0) is 47.8 Å². The monoisotopic (exact) mass is 299 g/mol. The van der Waals surface area contributed by atoms with Crippen molar-refractivity contribution in [2.75, 3.05) is 25.5 Å². The molecule has 2 heterocycles. The van der Waals surface area contributed by atoms with E-state index in [2.05, 4.69) is 33.3 Å². The first-order chi connectivity index (χ1) is 10.7. The van der Waals surface area contributed by atoms with Gasteiger partial charge in [0, 0.05) is 37.6 Å². The third-order valence-electron chi connectivity index (χ3n) is 3.73. The maximum absolute atomic E-state index is 5.66. The van der Waals surface area contributed by atoms with Crippen molar-refractivity contribution in [2.24, 2.45) is 5.73 Å². The van der Waals surface area contributed by atoms with Crippen LogP contribution in [0.15, 0.2) is 28.9 Å². The Hall–Kier alpha value is -2.34. The molecule has 0 fully saturated rings. The molecule has 0 radical (unpaired) electrons. The number of aryl methyl sites for hydroxylation is 2. The number of aromatic nitrogens is 3. The van der Waals surface area contributed by atoms with Crippen LogP contribution in [0.1, 0.15) is 17.0 Å². The van der Waals surface area contributed by atoms with Gasteiger partial charge in [0.05, 0.1) is 0 Å². The van der Waals surface area contributed by atoms with Crippen LogP contribution in [0.5, 0.6) is 0 Å². The lowest BCUT2D eigenvalue weighted by atomic mass is 10.0. The minimum atomic E-state index is 0.612. The van der Waals surface area contributed by atoms with Crippen molar-refractivity contribution >= 4 is 16.9 Å². The topological polar surface area (TPSA) is 84.0 Å². The Morgan fingerprint density at radius 3 is 2.82 bits per heavy atom. The first-order valence-corrected chi connectivity index (χ1v) is 7.46. The van der Waals surface area contributed by atoms with Gasteiger partial charge >= 0.3 is 0 Å². The number of nitrogens with zero attached hydrogens (tertiary/aromatic N) is 3. The van der Waals surface area contributed by atoms with E-state index in [4.69, 9.17) is 10.3 Å². The summed E-state index contributed by atoms with van der Waals surface area (Å²) in [6.07, 6.45) is 4.54. The highest BCUT2D eigenvalue weighted by atomic mass is 16.5. The van der Waals surface area contributed by atoms with E-state index in [0.717, 1.165) is 24.8 Å². The van der Waals surface area contributed by atoms with Crippen LogP contribution < -0.4 is 10.6 Å². The standard InChI is InChI=1S/C16H21N5O/c1-21(2)16-19-15(22-20-16)6-4-11-3-5-14-13(9-11)12(7-8-17)10-18-14/h3,5,9-10,18H,4,6-8,17H2,1-2H3. The minimum absolute atomic E-state index is 0.612. The molecule has 6 heteroatoms. The van der Waals surface area contributed by atoms with Crippen molar-refractivity contribution in [2.45, 2.75) is 19.3 Å². The molecular formula is C16H21N5O. The summed E-state index contributed by atoms with van der Waals surface area (Å²) < 4.78 is 5.26. The second-order valence-electron chi connectivity index (χ2n) is 5.62. The van der Waals surface area contributed by atoms with E-state index in [1.54, 1.807) is 0 Å². The lowest BCUT2D eigenvalue weighted by Crippen LogP contribution is -2.10. The summed E-state index contributed by atoms with van der Waals surface area (Å²) in [5, 5.41) is 5.18. The van der Waals surface area contributed by atoms with E-state index < -0.39 is 0 Å². The third kappa shape index (κ3) is 2.96. The maximum atomic E-state index is 5.66. The molecule has 1 aromatic carbocycles. The van der Waals surface area contributed by atoms with Gasteiger partial charge in [-0.1, -0.05) is 6.07 Å². The second kappa shape index (κ2) is 6.19.